The van der Waals surface area contributed by atoms with Gasteiger partial charge in [-0.15, -0.1) is 0 Å². The molecule has 1 amide bonds. The van der Waals surface area contributed by atoms with Gasteiger partial charge < -0.3 is 10.1 Å². The lowest BCUT2D eigenvalue weighted by Gasteiger charge is -2.15. The van der Waals surface area contributed by atoms with Gasteiger partial charge in [-0.05, 0) is 23.8 Å². The molecule has 0 bridgehead atoms. The maximum atomic E-state index is 12.4. The fourth-order valence-corrected chi connectivity index (χ4v) is 3.32. The molecule has 0 radical (unpaired) electrons. The number of aromatic nitrogens is 3. The molecule has 0 fully saturated rings. The standard InChI is InChI=1S/C22H21N5O2/c1-22(2)14-29-19-6-4-15(9-18(19)22)10-21(28)25-20-7-8-27(26-20)13-17-5-3-16(11-23)12-24-17/h3-9,12H,10,13-14H2,1-2H3,(H,25,26,28). The summed E-state index contributed by atoms with van der Waals surface area (Å²) in [4.78, 5) is 16.7. The van der Waals surface area contributed by atoms with Gasteiger partial charge in [0.15, 0.2) is 5.82 Å². The number of hydrogen-bond donors (Lipinski definition) is 1. The summed E-state index contributed by atoms with van der Waals surface area (Å²) >= 11 is 0. The van der Waals surface area contributed by atoms with Crippen LogP contribution in [0.15, 0.2) is 48.8 Å². The molecule has 1 aliphatic heterocycles. The van der Waals surface area contributed by atoms with Crippen molar-refractivity contribution in [3.05, 3.63) is 71.2 Å². The van der Waals surface area contributed by atoms with Crippen LogP contribution >= 0.6 is 0 Å². The molecule has 3 aromatic rings. The number of ether oxygens (including phenoxy) is 1. The van der Waals surface area contributed by atoms with Gasteiger partial charge in [0.1, 0.15) is 11.8 Å². The quantitative estimate of drug-likeness (QED) is 0.726. The van der Waals surface area contributed by atoms with Crippen LogP contribution in [0, 0.1) is 11.3 Å². The average molecular weight is 387 g/mol. The first-order valence-corrected chi connectivity index (χ1v) is 9.37. The molecular formula is C22H21N5O2. The number of amides is 1. The molecule has 0 saturated carbocycles. The van der Waals surface area contributed by atoms with Gasteiger partial charge >= 0.3 is 0 Å². The minimum absolute atomic E-state index is 0.0416. The summed E-state index contributed by atoms with van der Waals surface area (Å²) < 4.78 is 7.39. The molecular weight excluding hydrogens is 366 g/mol. The molecule has 7 heteroatoms. The van der Waals surface area contributed by atoms with Gasteiger partial charge in [-0.3, -0.25) is 14.5 Å². The lowest BCUT2D eigenvalue weighted by atomic mass is 9.86. The number of nitrogens with zero attached hydrogens (tertiary/aromatic N) is 4. The summed E-state index contributed by atoms with van der Waals surface area (Å²) in [6.07, 6.45) is 3.59. The lowest BCUT2D eigenvalue weighted by molar-refractivity contribution is -0.115. The normalized spacial score (nSPS) is 14.0. The van der Waals surface area contributed by atoms with Crippen molar-refractivity contribution < 1.29 is 9.53 Å². The van der Waals surface area contributed by atoms with Crippen LogP contribution in [0.5, 0.6) is 5.75 Å². The Hall–Kier alpha value is -3.66. The highest BCUT2D eigenvalue weighted by Gasteiger charge is 2.31. The number of carbonyl (C=O) groups excluding carboxylic acids is 1. The lowest BCUT2D eigenvalue weighted by Crippen LogP contribution is -2.19. The summed E-state index contributed by atoms with van der Waals surface area (Å²) in [5.41, 5.74) is 3.35. The third kappa shape index (κ3) is 4.11. The van der Waals surface area contributed by atoms with Crippen molar-refractivity contribution in [2.75, 3.05) is 11.9 Å². The molecule has 1 N–H and O–H groups in total. The van der Waals surface area contributed by atoms with Crippen LogP contribution < -0.4 is 10.1 Å². The molecule has 0 atom stereocenters. The molecule has 1 aliphatic rings. The van der Waals surface area contributed by atoms with Crippen molar-refractivity contribution in [1.82, 2.24) is 14.8 Å². The molecule has 1 aromatic carbocycles. The zero-order valence-electron chi connectivity index (χ0n) is 16.3. The number of fused-ring (bicyclic) bond motifs is 1. The summed E-state index contributed by atoms with van der Waals surface area (Å²) in [5.74, 6) is 1.27. The summed E-state index contributed by atoms with van der Waals surface area (Å²) in [6.45, 7) is 5.39. The molecule has 0 unspecified atom stereocenters. The smallest absolute Gasteiger partial charge is 0.229 e. The van der Waals surface area contributed by atoms with Gasteiger partial charge in [0, 0.05) is 29.4 Å². The predicted octanol–water partition coefficient (Wildman–Crippen LogP) is 3.05. The van der Waals surface area contributed by atoms with Crippen molar-refractivity contribution in [2.45, 2.75) is 32.2 Å². The molecule has 0 aliphatic carbocycles. The Kier molecular flexibility index (Phi) is 4.77. The Morgan fingerprint density at radius 3 is 2.93 bits per heavy atom. The Balaban J connectivity index is 1.38. The van der Waals surface area contributed by atoms with E-state index in [0.29, 0.717) is 24.5 Å². The number of hydrogen-bond acceptors (Lipinski definition) is 5. The highest BCUT2D eigenvalue weighted by atomic mass is 16.5. The molecule has 4 rings (SSSR count). The average Bonchev–Trinajstić information content (AvgIpc) is 3.26. The minimum atomic E-state index is -0.122. The van der Waals surface area contributed by atoms with E-state index in [-0.39, 0.29) is 17.7 Å². The molecule has 3 heterocycles. The van der Waals surface area contributed by atoms with E-state index in [1.165, 1.54) is 6.20 Å². The number of nitriles is 1. The Morgan fingerprint density at radius 2 is 2.17 bits per heavy atom. The maximum absolute atomic E-state index is 12.4. The minimum Gasteiger partial charge on any atom is -0.492 e. The van der Waals surface area contributed by atoms with E-state index < -0.39 is 0 Å². The summed E-state index contributed by atoms with van der Waals surface area (Å²) in [7, 11) is 0. The first-order chi connectivity index (χ1) is 13.9. The third-order valence-corrected chi connectivity index (χ3v) is 4.91. The van der Waals surface area contributed by atoms with Crippen LogP contribution in [-0.4, -0.2) is 27.3 Å². The summed E-state index contributed by atoms with van der Waals surface area (Å²) in [6, 6.07) is 13.2. The number of anilines is 1. The maximum Gasteiger partial charge on any atom is 0.229 e. The van der Waals surface area contributed by atoms with E-state index in [2.05, 4.69) is 35.3 Å². The van der Waals surface area contributed by atoms with Crippen LogP contribution in [0.3, 0.4) is 0 Å². The zero-order valence-corrected chi connectivity index (χ0v) is 16.3. The van der Waals surface area contributed by atoms with E-state index >= 15 is 0 Å². The first-order valence-electron chi connectivity index (χ1n) is 9.37. The largest absolute Gasteiger partial charge is 0.492 e. The predicted molar refractivity (Wildman–Crippen MR) is 108 cm³/mol. The molecule has 0 spiro atoms. The topological polar surface area (TPSA) is 92.8 Å². The van der Waals surface area contributed by atoms with E-state index in [1.54, 1.807) is 29.1 Å². The fourth-order valence-electron chi connectivity index (χ4n) is 3.32. The second kappa shape index (κ2) is 7.40. The van der Waals surface area contributed by atoms with Crippen LogP contribution in [-0.2, 0) is 23.2 Å². The first kappa shape index (κ1) is 18.7. The number of nitrogens with one attached hydrogen (secondary N) is 1. The number of pyridine rings is 1. The van der Waals surface area contributed by atoms with Crippen LogP contribution in [0.2, 0.25) is 0 Å². The highest BCUT2D eigenvalue weighted by molar-refractivity contribution is 5.91. The molecule has 7 nitrogen and oxygen atoms in total. The second-order valence-corrected chi connectivity index (χ2v) is 7.78. The zero-order chi connectivity index (χ0) is 20.4. The highest BCUT2D eigenvalue weighted by Crippen LogP contribution is 2.38. The third-order valence-electron chi connectivity index (χ3n) is 4.91. The fraction of sp³-hybridized carbons (Fsp3) is 0.273. The van der Waals surface area contributed by atoms with Gasteiger partial charge in [0.2, 0.25) is 5.91 Å². The van der Waals surface area contributed by atoms with Gasteiger partial charge in [-0.2, -0.15) is 10.4 Å². The molecule has 29 heavy (non-hydrogen) atoms. The van der Waals surface area contributed by atoms with Crippen LogP contribution in [0.1, 0.15) is 36.2 Å². The van der Waals surface area contributed by atoms with Crippen molar-refractivity contribution in [2.24, 2.45) is 0 Å². The van der Waals surface area contributed by atoms with Crippen molar-refractivity contribution in [1.29, 1.82) is 5.26 Å². The summed E-state index contributed by atoms with van der Waals surface area (Å²) in [5, 5.41) is 16.0. The second-order valence-electron chi connectivity index (χ2n) is 7.78. The van der Waals surface area contributed by atoms with Gasteiger partial charge in [-0.25, -0.2) is 0 Å². The Labute approximate surface area is 169 Å². The van der Waals surface area contributed by atoms with E-state index in [9.17, 15) is 4.79 Å². The molecule has 0 saturated heterocycles. The number of benzene rings is 1. The van der Waals surface area contributed by atoms with E-state index in [4.69, 9.17) is 10.00 Å². The van der Waals surface area contributed by atoms with E-state index in [0.717, 1.165) is 22.6 Å². The Bertz CT molecular complexity index is 1090. The number of rotatable bonds is 5. The van der Waals surface area contributed by atoms with Gasteiger partial charge in [0.05, 0.1) is 30.8 Å². The van der Waals surface area contributed by atoms with E-state index in [1.807, 2.05) is 18.2 Å². The molecule has 2 aromatic heterocycles. The van der Waals surface area contributed by atoms with Gasteiger partial charge in [-0.1, -0.05) is 26.0 Å². The van der Waals surface area contributed by atoms with Crippen molar-refractivity contribution in [3.8, 4) is 11.8 Å². The van der Waals surface area contributed by atoms with Gasteiger partial charge in [0.25, 0.3) is 0 Å². The number of carbonyl (C=O) groups is 1. The SMILES string of the molecule is CC1(C)COc2ccc(CC(=O)Nc3ccn(Cc4ccc(C#N)cn4)n3)cc21. The van der Waals surface area contributed by atoms with Crippen molar-refractivity contribution in [3.63, 3.8) is 0 Å². The van der Waals surface area contributed by atoms with Crippen molar-refractivity contribution >= 4 is 11.7 Å². The van der Waals surface area contributed by atoms with Crippen LogP contribution in [0.4, 0.5) is 5.82 Å². The van der Waals surface area contributed by atoms with Crippen LogP contribution in [0.25, 0.3) is 0 Å². The monoisotopic (exact) mass is 387 g/mol. The Morgan fingerprint density at radius 1 is 1.31 bits per heavy atom. The molecule has 146 valence electrons.